The normalized spacial score (nSPS) is 13.2. The Morgan fingerprint density at radius 1 is 1.50 bits per heavy atom. The number of likely N-dealkylation sites (N-methyl/N-ethyl adjacent to an activating group) is 1. The number of aliphatic carboxylic acids is 1. The molecule has 1 unspecified atom stereocenters. The van der Waals surface area contributed by atoms with E-state index in [0.29, 0.717) is 0 Å². The predicted molar refractivity (Wildman–Crippen MR) is 69.4 cm³/mol. The standard InChI is InChI=1S/C12H22N4O2/c1-10(11-7-13-15(4)8-11)16(9-12(17)18)6-5-14(2)3/h7-8,10H,5-6,9H2,1-4H3,(H,17,18). The van der Waals surface area contributed by atoms with E-state index in [9.17, 15) is 4.79 Å². The Morgan fingerprint density at radius 3 is 2.61 bits per heavy atom. The summed E-state index contributed by atoms with van der Waals surface area (Å²) in [5, 5.41) is 13.1. The molecule has 1 aromatic rings. The molecule has 1 rings (SSSR count). The highest BCUT2D eigenvalue weighted by Gasteiger charge is 2.19. The van der Waals surface area contributed by atoms with Gasteiger partial charge in [0.05, 0.1) is 12.7 Å². The van der Waals surface area contributed by atoms with E-state index in [1.165, 1.54) is 0 Å². The van der Waals surface area contributed by atoms with Crippen molar-refractivity contribution >= 4 is 5.97 Å². The number of carboxylic acids is 1. The first kappa shape index (κ1) is 14.7. The summed E-state index contributed by atoms with van der Waals surface area (Å²) in [6.07, 6.45) is 3.71. The second-order valence-electron chi connectivity index (χ2n) is 4.79. The first-order chi connectivity index (χ1) is 8.40. The highest BCUT2D eigenvalue weighted by Crippen LogP contribution is 2.18. The number of carboxylic acid groups (broad SMARTS) is 1. The molecule has 0 saturated heterocycles. The lowest BCUT2D eigenvalue weighted by atomic mass is 10.1. The van der Waals surface area contributed by atoms with Gasteiger partial charge in [-0.25, -0.2) is 0 Å². The van der Waals surface area contributed by atoms with Gasteiger partial charge in [-0.1, -0.05) is 0 Å². The molecule has 0 amide bonds. The lowest BCUT2D eigenvalue weighted by Crippen LogP contribution is -2.37. The summed E-state index contributed by atoms with van der Waals surface area (Å²) in [7, 11) is 5.82. The van der Waals surface area contributed by atoms with Crippen LogP contribution >= 0.6 is 0 Å². The zero-order valence-electron chi connectivity index (χ0n) is 11.5. The third-order valence-electron chi connectivity index (χ3n) is 2.93. The smallest absolute Gasteiger partial charge is 0.317 e. The number of aryl methyl sites for hydroxylation is 1. The number of carbonyl (C=O) groups is 1. The fraction of sp³-hybridized carbons (Fsp3) is 0.667. The molecule has 0 fully saturated rings. The minimum Gasteiger partial charge on any atom is -0.480 e. The van der Waals surface area contributed by atoms with Gasteiger partial charge >= 0.3 is 5.97 Å². The molecule has 1 atom stereocenters. The highest BCUT2D eigenvalue weighted by molar-refractivity contribution is 5.69. The van der Waals surface area contributed by atoms with Crippen molar-refractivity contribution in [1.82, 2.24) is 19.6 Å². The Labute approximate surface area is 108 Å². The van der Waals surface area contributed by atoms with Crippen molar-refractivity contribution in [1.29, 1.82) is 0 Å². The third-order valence-corrected chi connectivity index (χ3v) is 2.93. The SMILES string of the molecule is CC(c1cnn(C)c1)N(CCN(C)C)CC(=O)O. The van der Waals surface area contributed by atoms with Gasteiger partial charge in [0.1, 0.15) is 0 Å². The topological polar surface area (TPSA) is 61.6 Å². The number of hydrogen-bond acceptors (Lipinski definition) is 4. The molecule has 1 N–H and O–H groups in total. The monoisotopic (exact) mass is 254 g/mol. The summed E-state index contributed by atoms with van der Waals surface area (Å²) >= 11 is 0. The second kappa shape index (κ2) is 6.51. The summed E-state index contributed by atoms with van der Waals surface area (Å²) in [4.78, 5) is 14.9. The lowest BCUT2D eigenvalue weighted by Gasteiger charge is -2.28. The Bertz CT molecular complexity index is 389. The van der Waals surface area contributed by atoms with Crippen LogP contribution in [0.15, 0.2) is 12.4 Å². The molecule has 0 bridgehead atoms. The van der Waals surface area contributed by atoms with E-state index in [4.69, 9.17) is 5.11 Å². The van der Waals surface area contributed by atoms with Gasteiger partial charge in [-0.3, -0.25) is 14.4 Å². The quantitative estimate of drug-likeness (QED) is 0.764. The van der Waals surface area contributed by atoms with Crippen LogP contribution < -0.4 is 0 Å². The van der Waals surface area contributed by atoms with Crippen molar-refractivity contribution in [3.8, 4) is 0 Å². The maximum atomic E-state index is 10.9. The van der Waals surface area contributed by atoms with E-state index in [2.05, 4.69) is 5.10 Å². The molecule has 18 heavy (non-hydrogen) atoms. The van der Waals surface area contributed by atoms with Crippen LogP contribution in [-0.2, 0) is 11.8 Å². The molecule has 0 radical (unpaired) electrons. The molecular weight excluding hydrogens is 232 g/mol. The van der Waals surface area contributed by atoms with E-state index in [0.717, 1.165) is 18.7 Å². The van der Waals surface area contributed by atoms with Gasteiger partial charge in [-0.05, 0) is 21.0 Å². The van der Waals surface area contributed by atoms with Crippen LogP contribution in [0.1, 0.15) is 18.5 Å². The van der Waals surface area contributed by atoms with Crippen LogP contribution in [0.2, 0.25) is 0 Å². The fourth-order valence-electron chi connectivity index (χ4n) is 1.78. The molecule has 0 aliphatic heterocycles. The van der Waals surface area contributed by atoms with Crippen molar-refractivity contribution in [2.24, 2.45) is 7.05 Å². The van der Waals surface area contributed by atoms with E-state index in [1.807, 2.05) is 44.1 Å². The third kappa shape index (κ3) is 4.46. The average Bonchev–Trinajstić information content (AvgIpc) is 2.69. The molecule has 0 aromatic carbocycles. The summed E-state index contributed by atoms with van der Waals surface area (Å²) in [5.74, 6) is -0.801. The molecule has 0 aliphatic rings. The van der Waals surface area contributed by atoms with E-state index in [-0.39, 0.29) is 12.6 Å². The molecule has 0 spiro atoms. The molecule has 0 saturated carbocycles. The van der Waals surface area contributed by atoms with Crippen molar-refractivity contribution in [2.75, 3.05) is 33.7 Å². The first-order valence-corrected chi connectivity index (χ1v) is 5.99. The summed E-state index contributed by atoms with van der Waals surface area (Å²) in [5.41, 5.74) is 1.04. The summed E-state index contributed by atoms with van der Waals surface area (Å²) in [6, 6.07) is 0.0507. The van der Waals surface area contributed by atoms with E-state index in [1.54, 1.807) is 10.9 Å². The van der Waals surface area contributed by atoms with E-state index < -0.39 is 5.97 Å². The molecule has 1 heterocycles. The van der Waals surface area contributed by atoms with Gasteiger partial charge < -0.3 is 10.0 Å². The minimum atomic E-state index is -0.801. The minimum absolute atomic E-state index is 0.0455. The summed E-state index contributed by atoms with van der Waals surface area (Å²) < 4.78 is 1.73. The van der Waals surface area contributed by atoms with Crippen molar-refractivity contribution in [3.05, 3.63) is 18.0 Å². The molecular formula is C12H22N4O2. The maximum Gasteiger partial charge on any atom is 0.317 e. The average molecular weight is 254 g/mol. The zero-order chi connectivity index (χ0) is 13.7. The van der Waals surface area contributed by atoms with Crippen LogP contribution in [-0.4, -0.2) is 64.4 Å². The van der Waals surface area contributed by atoms with Crippen LogP contribution in [0.5, 0.6) is 0 Å². The van der Waals surface area contributed by atoms with Crippen molar-refractivity contribution < 1.29 is 9.90 Å². The molecule has 6 heteroatoms. The molecule has 0 aliphatic carbocycles. The lowest BCUT2D eigenvalue weighted by molar-refractivity contribution is -0.138. The Kier molecular flexibility index (Phi) is 5.30. The Balaban J connectivity index is 2.71. The van der Waals surface area contributed by atoms with Gasteiger partial charge in [-0.2, -0.15) is 5.10 Å². The van der Waals surface area contributed by atoms with E-state index >= 15 is 0 Å². The zero-order valence-corrected chi connectivity index (χ0v) is 11.5. The highest BCUT2D eigenvalue weighted by atomic mass is 16.4. The van der Waals surface area contributed by atoms with Gasteiger partial charge in [0, 0.05) is 37.9 Å². The van der Waals surface area contributed by atoms with Gasteiger partial charge in [0.25, 0.3) is 0 Å². The van der Waals surface area contributed by atoms with Gasteiger partial charge in [0.2, 0.25) is 0 Å². The Morgan fingerprint density at radius 2 is 2.17 bits per heavy atom. The van der Waals surface area contributed by atoms with Crippen molar-refractivity contribution in [2.45, 2.75) is 13.0 Å². The molecule has 1 aromatic heterocycles. The largest absolute Gasteiger partial charge is 0.480 e. The van der Waals surface area contributed by atoms with Crippen molar-refractivity contribution in [3.63, 3.8) is 0 Å². The number of hydrogen-bond donors (Lipinski definition) is 1. The van der Waals surface area contributed by atoms with Crippen LogP contribution in [0, 0.1) is 0 Å². The van der Waals surface area contributed by atoms with Gasteiger partial charge in [-0.15, -0.1) is 0 Å². The number of rotatable bonds is 7. The second-order valence-corrected chi connectivity index (χ2v) is 4.79. The maximum absolute atomic E-state index is 10.9. The first-order valence-electron chi connectivity index (χ1n) is 5.99. The number of aromatic nitrogens is 2. The van der Waals surface area contributed by atoms with Crippen LogP contribution in [0.25, 0.3) is 0 Å². The van der Waals surface area contributed by atoms with Gasteiger partial charge in [0.15, 0.2) is 0 Å². The van der Waals surface area contributed by atoms with Crippen LogP contribution in [0.3, 0.4) is 0 Å². The fourth-order valence-corrected chi connectivity index (χ4v) is 1.78. The number of nitrogens with zero attached hydrogens (tertiary/aromatic N) is 4. The molecule has 102 valence electrons. The van der Waals surface area contributed by atoms with Crippen LogP contribution in [0.4, 0.5) is 0 Å². The molecule has 6 nitrogen and oxygen atoms in total. The Hall–Kier alpha value is -1.40. The predicted octanol–water partition coefficient (Wildman–Crippen LogP) is 0.429. The summed E-state index contributed by atoms with van der Waals surface area (Å²) in [6.45, 7) is 3.60.